The molecule has 1 aliphatic heterocycles. The fourth-order valence-electron chi connectivity index (χ4n) is 2.20. The van der Waals surface area contributed by atoms with Crippen molar-refractivity contribution in [1.82, 2.24) is 0 Å². The molecule has 1 rings (SSSR count). The van der Waals surface area contributed by atoms with Gasteiger partial charge in [-0.15, -0.1) is 0 Å². The first-order valence-corrected chi connectivity index (χ1v) is 6.14. The van der Waals surface area contributed by atoms with Crippen molar-refractivity contribution in [3.05, 3.63) is 5.21 Å². The minimum Gasteiger partial charge on any atom is -0.633 e. The molecular weight excluding hydrogens is 190 g/mol. The maximum Gasteiger partial charge on any atom is 0.162 e. The second-order valence-electron chi connectivity index (χ2n) is 5.13. The summed E-state index contributed by atoms with van der Waals surface area (Å²) >= 11 is 0. The highest BCUT2D eigenvalue weighted by atomic mass is 32.2. The van der Waals surface area contributed by atoms with Gasteiger partial charge in [0.15, 0.2) is 9.84 Å². The lowest BCUT2D eigenvalue weighted by molar-refractivity contribution is -0.944. The van der Waals surface area contributed by atoms with Crippen molar-refractivity contribution < 1.29 is 13.5 Å². The summed E-state index contributed by atoms with van der Waals surface area (Å²) in [4.78, 5) is 0. The lowest BCUT2D eigenvalue weighted by Gasteiger charge is -2.51. The molecular formula is C8H17NO3S. The Kier molecular flexibility index (Phi) is 2.26. The van der Waals surface area contributed by atoms with Gasteiger partial charge < -0.3 is 10.3 Å². The summed E-state index contributed by atoms with van der Waals surface area (Å²) in [5.74, 6) is -0.0233. The summed E-state index contributed by atoms with van der Waals surface area (Å²) in [7, 11) is -3.05. The minimum atomic E-state index is -3.05. The van der Waals surface area contributed by atoms with Crippen LogP contribution in [0.1, 0.15) is 27.7 Å². The first-order valence-electron chi connectivity index (χ1n) is 4.32. The van der Waals surface area contributed by atoms with Crippen LogP contribution in [0.2, 0.25) is 0 Å². The highest BCUT2D eigenvalue weighted by molar-refractivity contribution is 7.91. The second-order valence-corrected chi connectivity index (χ2v) is 7.19. The molecule has 1 heterocycles. The number of hydrogen-bond donors (Lipinski definition) is 1. The van der Waals surface area contributed by atoms with Gasteiger partial charge in [-0.05, 0) is 27.7 Å². The minimum absolute atomic E-state index is 0.0116. The Balaban J connectivity index is 3.10. The van der Waals surface area contributed by atoms with E-state index in [4.69, 9.17) is 0 Å². The molecule has 4 nitrogen and oxygen atoms in total. The molecule has 0 spiro atoms. The second kappa shape index (κ2) is 2.68. The van der Waals surface area contributed by atoms with Crippen molar-refractivity contribution in [1.29, 1.82) is 0 Å². The Hall–Kier alpha value is -0.130. The molecule has 1 fully saturated rings. The Bertz CT molecular complexity index is 281. The fourth-order valence-corrected chi connectivity index (χ4v) is 4.76. The van der Waals surface area contributed by atoms with E-state index in [0.29, 0.717) is 0 Å². The van der Waals surface area contributed by atoms with Crippen molar-refractivity contribution in [2.24, 2.45) is 0 Å². The summed E-state index contributed by atoms with van der Waals surface area (Å²) in [6.45, 7) is 6.81. The summed E-state index contributed by atoms with van der Waals surface area (Å²) in [6.07, 6.45) is 0. The monoisotopic (exact) mass is 207 g/mol. The molecule has 0 aromatic carbocycles. The van der Waals surface area contributed by atoms with E-state index in [2.05, 4.69) is 0 Å². The number of rotatable bonds is 0. The van der Waals surface area contributed by atoms with E-state index in [9.17, 15) is 13.6 Å². The zero-order valence-electron chi connectivity index (χ0n) is 8.55. The van der Waals surface area contributed by atoms with Gasteiger partial charge in [0.05, 0.1) is 0 Å². The maximum atomic E-state index is 11.8. The highest BCUT2D eigenvalue weighted by Crippen LogP contribution is 2.16. The number of quaternary nitrogens is 1. The number of nitrogens with one attached hydrogen (secondary N) is 1. The average molecular weight is 207 g/mol. The van der Waals surface area contributed by atoms with E-state index in [0.717, 1.165) is 0 Å². The van der Waals surface area contributed by atoms with E-state index in [1.807, 2.05) is 0 Å². The van der Waals surface area contributed by atoms with Crippen LogP contribution < -0.4 is 5.06 Å². The van der Waals surface area contributed by atoms with Gasteiger partial charge in [-0.2, -0.15) is 0 Å². The van der Waals surface area contributed by atoms with Crippen molar-refractivity contribution in [2.45, 2.75) is 38.8 Å². The number of hydroxylamine groups is 2. The summed E-state index contributed by atoms with van der Waals surface area (Å²) in [5, 5.41) is 11.8. The quantitative estimate of drug-likeness (QED) is 0.537. The first-order chi connectivity index (χ1) is 5.57. The molecule has 0 amide bonds. The average Bonchev–Trinajstić information content (AvgIpc) is 1.77. The molecule has 0 bridgehead atoms. The van der Waals surface area contributed by atoms with Gasteiger partial charge in [-0.25, -0.2) is 8.42 Å². The third-order valence-corrected chi connectivity index (χ3v) is 4.71. The smallest absolute Gasteiger partial charge is 0.162 e. The zero-order chi connectivity index (χ0) is 10.5. The fraction of sp³-hybridized carbons (Fsp3) is 1.00. The van der Waals surface area contributed by atoms with Gasteiger partial charge in [-0.3, -0.25) is 0 Å². The zero-order valence-corrected chi connectivity index (χ0v) is 9.36. The van der Waals surface area contributed by atoms with Crippen molar-refractivity contribution in [2.75, 3.05) is 11.5 Å². The van der Waals surface area contributed by atoms with Gasteiger partial charge in [0.1, 0.15) is 22.6 Å². The topological polar surface area (TPSA) is 61.6 Å². The van der Waals surface area contributed by atoms with Gasteiger partial charge in [0.2, 0.25) is 0 Å². The highest BCUT2D eigenvalue weighted by Gasteiger charge is 2.47. The first kappa shape index (κ1) is 10.9. The predicted octanol–water partition coefficient (Wildman–Crippen LogP) is -0.645. The number of sulfone groups is 1. The molecule has 0 aromatic rings. The molecule has 0 saturated carbocycles. The van der Waals surface area contributed by atoms with Gasteiger partial charge in [-0.1, -0.05) is 0 Å². The summed E-state index contributed by atoms with van der Waals surface area (Å²) in [6, 6.07) is 0. The molecule has 0 aliphatic carbocycles. The molecule has 5 heteroatoms. The molecule has 13 heavy (non-hydrogen) atoms. The maximum absolute atomic E-state index is 11.8. The van der Waals surface area contributed by atoms with Crippen LogP contribution in [-0.4, -0.2) is 31.0 Å². The lowest BCUT2D eigenvalue weighted by Crippen LogP contribution is -3.24. The van der Waals surface area contributed by atoms with Crippen LogP contribution in [0.3, 0.4) is 0 Å². The van der Waals surface area contributed by atoms with Crippen LogP contribution in [0, 0.1) is 5.21 Å². The Labute approximate surface area is 79.4 Å². The van der Waals surface area contributed by atoms with Crippen molar-refractivity contribution in [3.63, 3.8) is 0 Å². The van der Waals surface area contributed by atoms with Gasteiger partial charge in [0, 0.05) is 0 Å². The Morgan fingerprint density at radius 1 is 1.08 bits per heavy atom. The molecule has 1 saturated heterocycles. The largest absolute Gasteiger partial charge is 0.633 e. The predicted molar refractivity (Wildman–Crippen MR) is 51.1 cm³/mol. The van der Waals surface area contributed by atoms with E-state index >= 15 is 0 Å². The van der Waals surface area contributed by atoms with E-state index < -0.39 is 20.9 Å². The molecule has 0 aromatic heterocycles. The van der Waals surface area contributed by atoms with Crippen LogP contribution in [-0.2, 0) is 9.84 Å². The van der Waals surface area contributed by atoms with Crippen LogP contribution in [0.5, 0.6) is 0 Å². The van der Waals surface area contributed by atoms with Gasteiger partial charge >= 0.3 is 0 Å². The van der Waals surface area contributed by atoms with Crippen LogP contribution in [0.25, 0.3) is 0 Å². The lowest BCUT2D eigenvalue weighted by atomic mass is 9.99. The molecule has 0 atom stereocenters. The van der Waals surface area contributed by atoms with Crippen LogP contribution in [0.4, 0.5) is 0 Å². The van der Waals surface area contributed by atoms with Crippen LogP contribution >= 0.6 is 0 Å². The van der Waals surface area contributed by atoms with E-state index in [1.165, 1.54) is 0 Å². The molecule has 1 aliphatic rings. The van der Waals surface area contributed by atoms with Gasteiger partial charge in [0.25, 0.3) is 0 Å². The number of hydrogen-bond acceptors (Lipinski definition) is 3. The van der Waals surface area contributed by atoms with E-state index in [1.54, 1.807) is 27.7 Å². The SMILES string of the molecule is CC1(C)CS(=O)(=O)CC(C)(C)[NH+]1[O-]. The Morgan fingerprint density at radius 3 is 1.69 bits per heavy atom. The molecule has 0 unspecified atom stereocenters. The standard InChI is InChI=1S/C8H17NO3S/c1-7(2)5-13(11,12)6-8(3,4)9(7)10/h9H,5-6H2,1-4H3. The molecule has 78 valence electrons. The summed E-state index contributed by atoms with van der Waals surface area (Å²) < 4.78 is 23.0. The van der Waals surface area contributed by atoms with E-state index in [-0.39, 0.29) is 16.6 Å². The molecule has 0 radical (unpaired) electrons. The third kappa shape index (κ3) is 2.03. The summed E-state index contributed by atoms with van der Waals surface area (Å²) in [5.41, 5.74) is -1.44. The molecule has 1 N–H and O–H groups in total. The van der Waals surface area contributed by atoms with Crippen LogP contribution in [0.15, 0.2) is 0 Å². The third-order valence-electron chi connectivity index (χ3n) is 2.39. The van der Waals surface area contributed by atoms with Crippen molar-refractivity contribution in [3.8, 4) is 0 Å². The Morgan fingerprint density at radius 2 is 1.38 bits per heavy atom. The van der Waals surface area contributed by atoms with Crippen molar-refractivity contribution >= 4 is 9.84 Å². The normalized spacial score (nSPS) is 31.5.